The second-order valence-electron chi connectivity index (χ2n) is 10.3. The van der Waals surface area contributed by atoms with Crippen molar-refractivity contribution < 1.29 is 29.0 Å². The van der Waals surface area contributed by atoms with E-state index in [2.05, 4.69) is 31.4 Å². The lowest BCUT2D eigenvalue weighted by Crippen LogP contribution is -2.37. The van der Waals surface area contributed by atoms with E-state index >= 15 is 0 Å². The number of pyridine rings is 1. The summed E-state index contributed by atoms with van der Waals surface area (Å²) in [5, 5.41) is 26.0. The number of carboxylic acid groups (broad SMARTS) is 1. The van der Waals surface area contributed by atoms with Gasteiger partial charge in [0, 0.05) is 25.8 Å². The molecule has 1 fully saturated rings. The van der Waals surface area contributed by atoms with E-state index in [1.54, 1.807) is 6.20 Å². The fraction of sp³-hybridized carbons (Fsp3) is 0.323. The van der Waals surface area contributed by atoms with Crippen LogP contribution in [0.3, 0.4) is 0 Å². The molecule has 1 aliphatic heterocycles. The lowest BCUT2D eigenvalue weighted by Gasteiger charge is -2.29. The number of fused-ring (bicyclic) bond motifs is 1. The number of aromatic amines is 1. The first-order valence-corrected chi connectivity index (χ1v) is 14.4. The summed E-state index contributed by atoms with van der Waals surface area (Å²) in [6.45, 7) is 1.41. The van der Waals surface area contributed by atoms with Crippen LogP contribution in [-0.4, -0.2) is 92.5 Å². The summed E-state index contributed by atoms with van der Waals surface area (Å²) in [5.41, 5.74) is 3.91. The minimum absolute atomic E-state index is 0.0414. The molecule has 0 spiro atoms. The minimum Gasteiger partial charge on any atom is -0.494 e. The maximum Gasteiger partial charge on any atom is 0.305 e. The minimum atomic E-state index is -0.959. The molecule has 14 heteroatoms. The van der Waals surface area contributed by atoms with Crippen molar-refractivity contribution in [1.82, 2.24) is 34.9 Å². The molecule has 232 valence electrons. The lowest BCUT2D eigenvalue weighted by molar-refractivity contribution is -0.138. The second-order valence-corrected chi connectivity index (χ2v) is 10.3. The van der Waals surface area contributed by atoms with Crippen molar-refractivity contribution in [3.05, 3.63) is 71.6 Å². The highest BCUT2D eigenvalue weighted by atomic mass is 16.5. The number of carbonyl (C=O) groups is 3. The van der Waals surface area contributed by atoms with Crippen LogP contribution in [-0.2, 0) is 20.7 Å². The summed E-state index contributed by atoms with van der Waals surface area (Å²) in [6.07, 6.45) is 5.91. The molecule has 1 aliphatic rings. The molecular weight excluding hydrogens is 580 g/mol. The number of H-pyrrole nitrogens is 1. The maximum absolute atomic E-state index is 13.4. The number of rotatable bonds is 12. The van der Waals surface area contributed by atoms with E-state index in [1.165, 1.54) is 24.3 Å². The number of carbonyl (C=O) groups excluding carboxylic acids is 2. The number of hydrogen-bond acceptors (Lipinski definition) is 9. The number of aliphatic carboxylic acids is 1. The van der Waals surface area contributed by atoms with Gasteiger partial charge in [-0.05, 0) is 29.5 Å². The summed E-state index contributed by atoms with van der Waals surface area (Å²) >= 11 is 0. The van der Waals surface area contributed by atoms with Gasteiger partial charge in [-0.1, -0.05) is 30.3 Å². The molecule has 3 aromatic heterocycles. The van der Waals surface area contributed by atoms with Gasteiger partial charge in [0.25, 0.3) is 5.91 Å². The van der Waals surface area contributed by atoms with Crippen LogP contribution in [0.15, 0.2) is 54.6 Å². The van der Waals surface area contributed by atoms with Crippen LogP contribution in [0, 0.1) is 11.3 Å². The zero-order valence-electron chi connectivity index (χ0n) is 24.7. The van der Waals surface area contributed by atoms with E-state index < -0.39 is 11.9 Å². The zero-order chi connectivity index (χ0) is 31.8. The molecule has 0 unspecified atom stereocenters. The fourth-order valence-electron chi connectivity index (χ4n) is 5.19. The van der Waals surface area contributed by atoms with Gasteiger partial charge in [-0.3, -0.25) is 14.4 Å². The van der Waals surface area contributed by atoms with Gasteiger partial charge in [-0.25, -0.2) is 9.97 Å². The normalized spacial score (nSPS) is 13.0. The van der Waals surface area contributed by atoms with Gasteiger partial charge >= 0.3 is 5.97 Å². The van der Waals surface area contributed by atoms with E-state index in [0.717, 1.165) is 16.7 Å². The van der Waals surface area contributed by atoms with Crippen LogP contribution in [0.5, 0.6) is 5.75 Å². The Morgan fingerprint density at radius 1 is 1.13 bits per heavy atom. The Bertz CT molecular complexity index is 1760. The first kappa shape index (κ1) is 30.9. The van der Waals surface area contributed by atoms with Gasteiger partial charge in [0.1, 0.15) is 12.1 Å². The third-order valence-electron chi connectivity index (χ3n) is 7.45. The number of nitrogens with one attached hydrogen (secondary N) is 2. The molecule has 0 saturated carbocycles. The molecule has 4 aromatic rings. The van der Waals surface area contributed by atoms with Gasteiger partial charge in [-0.15, -0.1) is 5.10 Å². The predicted octanol–water partition coefficient (Wildman–Crippen LogP) is 2.52. The van der Waals surface area contributed by atoms with Crippen molar-refractivity contribution in [2.75, 3.05) is 40.0 Å². The summed E-state index contributed by atoms with van der Waals surface area (Å²) in [6, 6.07) is 11.9. The molecule has 4 heterocycles. The summed E-state index contributed by atoms with van der Waals surface area (Å²) < 4.78 is 12.1. The Hall–Kier alpha value is -5.55. The standard InChI is InChI=1S/C31H32N8O6/c1-44-24-18-35-30(39-19-36-29(37-39)31(43)33-10-14-45-13-9-26(41)42)28-27(24)22(17-34-28)15-25(40)38-11-7-21(8-12-38)23(16-32)20-5-3-2-4-6-20/h2-6,17-19,34H,7-15H2,1H3,(H,33,43)(H,41,42). The Labute approximate surface area is 258 Å². The number of aromatic nitrogens is 5. The number of allylic oxidation sites excluding steroid dienone is 1. The van der Waals surface area contributed by atoms with Crippen LogP contribution in [0.4, 0.5) is 0 Å². The number of likely N-dealkylation sites (tertiary alicyclic amines) is 1. The van der Waals surface area contributed by atoms with Crippen LogP contribution < -0.4 is 10.1 Å². The van der Waals surface area contributed by atoms with Crippen molar-refractivity contribution in [2.24, 2.45) is 0 Å². The molecule has 0 bridgehead atoms. The first-order valence-electron chi connectivity index (χ1n) is 14.4. The number of carboxylic acids is 1. The van der Waals surface area contributed by atoms with Gasteiger partial charge in [0.05, 0.1) is 61.9 Å². The van der Waals surface area contributed by atoms with Crippen LogP contribution >= 0.6 is 0 Å². The Kier molecular flexibility index (Phi) is 9.80. The number of nitriles is 1. The van der Waals surface area contributed by atoms with Crippen molar-refractivity contribution >= 4 is 34.3 Å². The molecular formula is C31H32N8O6. The van der Waals surface area contributed by atoms with Gasteiger partial charge in [0.15, 0.2) is 5.82 Å². The van der Waals surface area contributed by atoms with Gasteiger partial charge in [-0.2, -0.15) is 9.94 Å². The van der Waals surface area contributed by atoms with Crippen molar-refractivity contribution in [3.63, 3.8) is 0 Å². The highest BCUT2D eigenvalue weighted by Gasteiger charge is 2.24. The summed E-state index contributed by atoms with van der Waals surface area (Å²) in [5.74, 6) is -0.767. The van der Waals surface area contributed by atoms with Crippen molar-refractivity contribution in [2.45, 2.75) is 25.7 Å². The fourth-order valence-corrected chi connectivity index (χ4v) is 5.19. The molecule has 1 saturated heterocycles. The molecule has 0 aliphatic carbocycles. The second kappa shape index (κ2) is 14.3. The smallest absolute Gasteiger partial charge is 0.305 e. The number of benzene rings is 1. The summed E-state index contributed by atoms with van der Waals surface area (Å²) in [7, 11) is 1.52. The average molecular weight is 613 g/mol. The lowest BCUT2D eigenvalue weighted by atomic mass is 9.93. The van der Waals surface area contributed by atoms with Gasteiger partial charge < -0.3 is 29.8 Å². The topological polar surface area (TPSA) is 188 Å². The molecule has 0 radical (unpaired) electrons. The molecule has 2 amide bonds. The zero-order valence-corrected chi connectivity index (χ0v) is 24.7. The van der Waals surface area contributed by atoms with E-state index in [-0.39, 0.29) is 44.3 Å². The predicted molar refractivity (Wildman–Crippen MR) is 161 cm³/mol. The van der Waals surface area contributed by atoms with Gasteiger partial charge in [0.2, 0.25) is 11.7 Å². The van der Waals surface area contributed by atoms with E-state index in [1.807, 2.05) is 35.2 Å². The Balaban J connectivity index is 1.26. The highest BCUT2D eigenvalue weighted by molar-refractivity contribution is 5.96. The van der Waals surface area contributed by atoms with Crippen molar-refractivity contribution in [3.8, 4) is 17.6 Å². The van der Waals surface area contributed by atoms with E-state index in [9.17, 15) is 19.6 Å². The largest absolute Gasteiger partial charge is 0.494 e. The number of piperidine rings is 1. The number of nitrogens with zero attached hydrogens (tertiary/aromatic N) is 6. The van der Waals surface area contributed by atoms with Crippen LogP contribution in [0.25, 0.3) is 22.3 Å². The van der Waals surface area contributed by atoms with Crippen LogP contribution in [0.2, 0.25) is 0 Å². The highest BCUT2D eigenvalue weighted by Crippen LogP contribution is 2.32. The monoisotopic (exact) mass is 612 g/mol. The third kappa shape index (κ3) is 7.16. The molecule has 1 aromatic carbocycles. The quantitative estimate of drug-likeness (QED) is 0.158. The number of methoxy groups -OCH3 is 1. The molecule has 45 heavy (non-hydrogen) atoms. The summed E-state index contributed by atoms with van der Waals surface area (Å²) in [4.78, 5) is 50.0. The SMILES string of the molecule is COc1cnc(-n2cnc(C(=O)NCCOCCC(=O)O)n2)c2[nH]cc(CC(=O)N3CCC(=C(C#N)c4ccccc4)CC3)c12. The molecule has 5 rings (SSSR count). The van der Waals surface area contributed by atoms with E-state index in [0.29, 0.717) is 54.0 Å². The van der Waals surface area contributed by atoms with Crippen LogP contribution in [0.1, 0.15) is 41.0 Å². The molecule has 0 atom stereocenters. The number of ether oxygens (including phenoxy) is 2. The first-order chi connectivity index (χ1) is 21.9. The molecule has 14 nitrogen and oxygen atoms in total. The third-order valence-corrected chi connectivity index (χ3v) is 7.45. The Morgan fingerprint density at radius 2 is 1.91 bits per heavy atom. The maximum atomic E-state index is 13.4. The van der Waals surface area contributed by atoms with Crippen molar-refractivity contribution in [1.29, 1.82) is 5.26 Å². The number of amides is 2. The molecule has 3 N–H and O–H groups in total. The average Bonchev–Trinajstić information content (AvgIpc) is 3.72. The number of hydrogen-bond donors (Lipinski definition) is 3. The van der Waals surface area contributed by atoms with E-state index in [4.69, 9.17) is 14.6 Å². The Morgan fingerprint density at radius 3 is 2.62 bits per heavy atom.